The summed E-state index contributed by atoms with van der Waals surface area (Å²) in [6, 6.07) is 4.94. The Morgan fingerprint density at radius 1 is 1.31 bits per heavy atom. The summed E-state index contributed by atoms with van der Waals surface area (Å²) in [4.78, 5) is 24.0. The van der Waals surface area contributed by atoms with Gasteiger partial charge in [0.2, 0.25) is 11.8 Å². The van der Waals surface area contributed by atoms with E-state index in [4.69, 9.17) is 5.73 Å². The topological polar surface area (TPSA) is 63.4 Å². The van der Waals surface area contributed by atoms with E-state index in [-0.39, 0.29) is 30.6 Å². The summed E-state index contributed by atoms with van der Waals surface area (Å²) in [6.45, 7) is 0.158. The molecule has 1 fully saturated rings. The number of nitrogens with zero attached hydrogens (tertiary/aromatic N) is 1. The highest BCUT2D eigenvalue weighted by molar-refractivity contribution is 6.05. The Bertz CT molecular complexity index is 430. The summed E-state index contributed by atoms with van der Waals surface area (Å²) in [5.41, 5.74) is 6.17. The van der Waals surface area contributed by atoms with Gasteiger partial charge in [0.15, 0.2) is 0 Å². The number of benzene rings is 1. The fraction of sp³-hybridized carbons (Fsp3) is 0.273. The van der Waals surface area contributed by atoms with E-state index in [1.165, 1.54) is 12.1 Å². The van der Waals surface area contributed by atoms with Crippen molar-refractivity contribution in [1.82, 2.24) is 4.90 Å². The second-order valence-corrected chi connectivity index (χ2v) is 3.76. The maximum atomic E-state index is 12.6. The van der Waals surface area contributed by atoms with Crippen LogP contribution in [0.25, 0.3) is 0 Å². The van der Waals surface area contributed by atoms with E-state index in [1.54, 1.807) is 12.1 Å². The first-order chi connectivity index (χ1) is 7.58. The normalized spacial score (nSPS) is 20.6. The number of nitrogens with two attached hydrogens (primary N) is 1. The molecule has 84 valence electrons. The van der Waals surface area contributed by atoms with Crippen LogP contribution in [0.4, 0.5) is 4.39 Å². The quantitative estimate of drug-likeness (QED) is 0.737. The van der Waals surface area contributed by atoms with Crippen molar-refractivity contribution in [3.63, 3.8) is 0 Å². The second kappa shape index (κ2) is 4.02. The van der Waals surface area contributed by atoms with Gasteiger partial charge in [-0.2, -0.15) is 0 Å². The molecule has 0 unspecified atom stereocenters. The molecule has 0 radical (unpaired) electrons. The van der Waals surface area contributed by atoms with Gasteiger partial charge in [0.25, 0.3) is 0 Å². The predicted molar refractivity (Wildman–Crippen MR) is 54.5 cm³/mol. The van der Waals surface area contributed by atoms with Gasteiger partial charge < -0.3 is 5.73 Å². The van der Waals surface area contributed by atoms with Crippen LogP contribution in [-0.4, -0.2) is 22.8 Å². The Morgan fingerprint density at radius 2 is 1.94 bits per heavy atom. The Morgan fingerprint density at radius 3 is 2.44 bits per heavy atom. The molecule has 0 aliphatic carbocycles. The third kappa shape index (κ3) is 1.94. The van der Waals surface area contributed by atoms with Crippen LogP contribution >= 0.6 is 0 Å². The lowest BCUT2D eigenvalue weighted by atomic mass is 10.2. The van der Waals surface area contributed by atoms with Crippen molar-refractivity contribution < 1.29 is 14.0 Å². The first kappa shape index (κ1) is 10.8. The van der Waals surface area contributed by atoms with Crippen LogP contribution in [0.5, 0.6) is 0 Å². The highest BCUT2D eigenvalue weighted by atomic mass is 19.1. The van der Waals surface area contributed by atoms with Gasteiger partial charge in [-0.1, -0.05) is 12.1 Å². The molecule has 2 N–H and O–H groups in total. The van der Waals surface area contributed by atoms with Crippen LogP contribution in [0.15, 0.2) is 24.3 Å². The lowest BCUT2D eigenvalue weighted by molar-refractivity contribution is -0.139. The Hall–Kier alpha value is -1.75. The minimum Gasteiger partial charge on any atom is -0.319 e. The molecule has 1 aliphatic rings. The van der Waals surface area contributed by atoms with Gasteiger partial charge in [-0.15, -0.1) is 0 Å². The number of imide groups is 1. The highest BCUT2D eigenvalue weighted by Gasteiger charge is 2.35. The molecule has 1 aromatic carbocycles. The Labute approximate surface area is 91.8 Å². The van der Waals surface area contributed by atoms with Crippen molar-refractivity contribution in [3.8, 4) is 0 Å². The largest absolute Gasteiger partial charge is 0.319 e. The molecular formula is C11H11FN2O2. The molecule has 1 saturated heterocycles. The van der Waals surface area contributed by atoms with E-state index in [0.717, 1.165) is 4.90 Å². The molecular weight excluding hydrogens is 211 g/mol. The minimum absolute atomic E-state index is 0.0556. The Balaban J connectivity index is 2.13. The number of rotatable bonds is 2. The highest BCUT2D eigenvalue weighted by Crippen LogP contribution is 2.15. The summed E-state index contributed by atoms with van der Waals surface area (Å²) < 4.78 is 12.6. The van der Waals surface area contributed by atoms with Gasteiger partial charge in [-0.3, -0.25) is 14.5 Å². The van der Waals surface area contributed by atoms with Crippen LogP contribution in [0.3, 0.4) is 0 Å². The summed E-state index contributed by atoms with van der Waals surface area (Å²) >= 11 is 0. The number of halogens is 1. The standard InChI is InChI=1S/C11H11FN2O2/c12-8-3-1-7(2-4-8)6-14-10(15)5-9(13)11(14)16/h1-4,9H,5-6,13H2/t9-/m0/s1. The van der Waals surface area contributed by atoms with Crippen LogP contribution in [0.1, 0.15) is 12.0 Å². The molecule has 0 saturated carbocycles. The van der Waals surface area contributed by atoms with Gasteiger partial charge >= 0.3 is 0 Å². The third-order valence-corrected chi connectivity index (χ3v) is 2.53. The van der Waals surface area contributed by atoms with Gasteiger partial charge in [0.1, 0.15) is 5.82 Å². The van der Waals surface area contributed by atoms with Gasteiger partial charge in [-0.05, 0) is 17.7 Å². The zero-order chi connectivity index (χ0) is 11.7. The lowest BCUT2D eigenvalue weighted by Gasteiger charge is -2.13. The van der Waals surface area contributed by atoms with Crippen molar-refractivity contribution in [1.29, 1.82) is 0 Å². The summed E-state index contributed by atoms with van der Waals surface area (Å²) in [7, 11) is 0. The van der Waals surface area contributed by atoms with Gasteiger partial charge in [-0.25, -0.2) is 4.39 Å². The smallest absolute Gasteiger partial charge is 0.246 e. The van der Waals surface area contributed by atoms with Crippen molar-refractivity contribution in [2.24, 2.45) is 5.73 Å². The van der Waals surface area contributed by atoms with E-state index in [0.29, 0.717) is 5.56 Å². The molecule has 1 aromatic rings. The molecule has 0 aromatic heterocycles. The molecule has 2 amide bonds. The SMILES string of the molecule is N[C@H]1CC(=O)N(Cc2ccc(F)cc2)C1=O. The van der Waals surface area contributed by atoms with Crippen molar-refractivity contribution in [2.75, 3.05) is 0 Å². The fourth-order valence-electron chi connectivity index (χ4n) is 1.65. The number of carbonyl (C=O) groups is 2. The number of hydrogen-bond donors (Lipinski definition) is 1. The van der Waals surface area contributed by atoms with Gasteiger partial charge in [0, 0.05) is 0 Å². The fourth-order valence-corrected chi connectivity index (χ4v) is 1.65. The molecule has 16 heavy (non-hydrogen) atoms. The van der Waals surface area contributed by atoms with Crippen molar-refractivity contribution in [2.45, 2.75) is 19.0 Å². The average Bonchev–Trinajstić information content (AvgIpc) is 2.48. The molecule has 5 heteroatoms. The maximum absolute atomic E-state index is 12.6. The van der Waals surface area contributed by atoms with E-state index in [2.05, 4.69) is 0 Å². The van der Waals surface area contributed by atoms with E-state index in [9.17, 15) is 14.0 Å². The van der Waals surface area contributed by atoms with Crippen LogP contribution in [0.2, 0.25) is 0 Å². The van der Waals surface area contributed by atoms with Crippen LogP contribution < -0.4 is 5.73 Å². The molecule has 2 rings (SSSR count). The van der Waals surface area contributed by atoms with E-state index >= 15 is 0 Å². The minimum atomic E-state index is -0.729. The lowest BCUT2D eigenvalue weighted by Crippen LogP contribution is -2.34. The summed E-state index contributed by atoms with van der Waals surface area (Å²) in [5.74, 6) is -0.990. The van der Waals surface area contributed by atoms with Crippen molar-refractivity contribution in [3.05, 3.63) is 35.6 Å². The van der Waals surface area contributed by atoms with Crippen LogP contribution in [0, 0.1) is 5.82 Å². The summed E-state index contributed by atoms with van der Waals surface area (Å²) in [6.07, 6.45) is 0.0556. The molecule has 0 bridgehead atoms. The third-order valence-electron chi connectivity index (χ3n) is 2.53. The monoisotopic (exact) mass is 222 g/mol. The number of amides is 2. The predicted octanol–water partition coefficient (Wildman–Crippen LogP) is 0.412. The van der Waals surface area contributed by atoms with E-state index in [1.807, 2.05) is 0 Å². The first-order valence-electron chi connectivity index (χ1n) is 4.92. The Kier molecular flexibility index (Phi) is 2.70. The average molecular weight is 222 g/mol. The molecule has 0 spiro atoms. The van der Waals surface area contributed by atoms with E-state index < -0.39 is 6.04 Å². The molecule has 1 atom stereocenters. The number of likely N-dealkylation sites (tertiary alicyclic amines) is 1. The number of hydrogen-bond acceptors (Lipinski definition) is 3. The zero-order valence-electron chi connectivity index (χ0n) is 8.52. The first-order valence-corrected chi connectivity index (χ1v) is 4.92. The van der Waals surface area contributed by atoms with Crippen molar-refractivity contribution >= 4 is 11.8 Å². The zero-order valence-corrected chi connectivity index (χ0v) is 8.52. The van der Waals surface area contributed by atoms with Crippen LogP contribution in [-0.2, 0) is 16.1 Å². The number of carbonyl (C=O) groups excluding carboxylic acids is 2. The van der Waals surface area contributed by atoms with Gasteiger partial charge in [0.05, 0.1) is 19.0 Å². The summed E-state index contributed by atoms with van der Waals surface area (Å²) in [5, 5.41) is 0. The molecule has 1 aliphatic heterocycles. The molecule has 4 nitrogen and oxygen atoms in total. The molecule has 1 heterocycles. The second-order valence-electron chi connectivity index (χ2n) is 3.76. The maximum Gasteiger partial charge on any atom is 0.246 e.